The van der Waals surface area contributed by atoms with Crippen molar-refractivity contribution in [1.29, 1.82) is 0 Å². The molecule has 1 aliphatic heterocycles. The Morgan fingerprint density at radius 3 is 2.70 bits per heavy atom. The first-order valence-corrected chi connectivity index (χ1v) is 7.83. The van der Waals surface area contributed by atoms with E-state index in [2.05, 4.69) is 30.9 Å². The van der Waals surface area contributed by atoms with Crippen LogP contribution in [0.25, 0.3) is 11.2 Å². The van der Waals surface area contributed by atoms with Crippen LogP contribution in [0.1, 0.15) is 20.8 Å². The molecule has 9 heteroatoms. The molecule has 23 heavy (non-hydrogen) atoms. The van der Waals surface area contributed by atoms with Crippen molar-refractivity contribution in [3.05, 3.63) is 37.5 Å². The number of hydrogen-bond acceptors (Lipinski definition) is 6. The smallest absolute Gasteiger partial charge is 0.328 e. The molecular weight excluding hydrogens is 364 g/mol. The molecule has 0 atom stereocenters. The average molecular weight is 381 g/mol. The molecule has 0 saturated carbocycles. The van der Waals surface area contributed by atoms with Gasteiger partial charge in [-0.15, -0.1) is 0 Å². The second kappa shape index (κ2) is 5.50. The molecule has 8 nitrogen and oxygen atoms in total. The molecule has 0 fully saturated rings. The number of nitrogens with zero attached hydrogens (tertiary/aromatic N) is 4. The number of aromatic amines is 1. The first kappa shape index (κ1) is 15.8. The molecule has 1 aliphatic rings. The topological polar surface area (TPSA) is 113 Å². The van der Waals surface area contributed by atoms with Crippen molar-refractivity contribution >= 4 is 33.0 Å². The minimum atomic E-state index is -0.335. The summed E-state index contributed by atoms with van der Waals surface area (Å²) in [6, 6.07) is 0. The number of anilines is 1. The van der Waals surface area contributed by atoms with Crippen LogP contribution in [0.15, 0.2) is 31.8 Å². The molecule has 2 aromatic rings. The summed E-state index contributed by atoms with van der Waals surface area (Å²) in [4.78, 5) is 23.1. The summed E-state index contributed by atoms with van der Waals surface area (Å²) in [5, 5.41) is 11.4. The summed E-state index contributed by atoms with van der Waals surface area (Å²) < 4.78 is 1.87. The van der Waals surface area contributed by atoms with Crippen LogP contribution in [0.3, 0.4) is 0 Å². The molecule has 3 rings (SSSR count). The molecule has 0 spiro atoms. The lowest BCUT2D eigenvalue weighted by molar-refractivity contribution is -0.0538. The zero-order valence-electron chi connectivity index (χ0n) is 13.0. The minimum Gasteiger partial charge on any atom is -0.368 e. The van der Waals surface area contributed by atoms with Crippen molar-refractivity contribution in [2.75, 3.05) is 12.3 Å². The van der Waals surface area contributed by atoms with Crippen molar-refractivity contribution in [3.63, 3.8) is 0 Å². The van der Waals surface area contributed by atoms with E-state index in [-0.39, 0.29) is 18.2 Å². The van der Waals surface area contributed by atoms with Crippen molar-refractivity contribution in [2.45, 2.75) is 27.3 Å². The minimum absolute atomic E-state index is 0.0687. The number of fused-ring (bicyclic) bond motifs is 1. The van der Waals surface area contributed by atoms with E-state index in [4.69, 9.17) is 5.73 Å². The number of rotatable bonds is 2. The van der Waals surface area contributed by atoms with Crippen LogP contribution in [0.2, 0.25) is 0 Å². The Balaban J connectivity index is 2.16. The number of halogens is 1. The van der Waals surface area contributed by atoms with E-state index in [9.17, 15) is 10.0 Å². The van der Waals surface area contributed by atoms with Gasteiger partial charge in [-0.25, -0.2) is 9.78 Å². The van der Waals surface area contributed by atoms with Gasteiger partial charge in [-0.2, -0.15) is 4.98 Å². The van der Waals surface area contributed by atoms with Gasteiger partial charge in [0.05, 0.1) is 18.8 Å². The zero-order valence-corrected chi connectivity index (χ0v) is 14.6. The second-order valence-electron chi connectivity index (χ2n) is 5.62. The fraction of sp³-hybridized carbons (Fsp3) is 0.357. The monoisotopic (exact) mass is 380 g/mol. The fourth-order valence-corrected chi connectivity index (χ4v) is 3.14. The van der Waals surface area contributed by atoms with Crippen LogP contribution in [0.5, 0.6) is 0 Å². The van der Waals surface area contributed by atoms with Gasteiger partial charge in [0, 0.05) is 0 Å². The molecule has 3 heterocycles. The van der Waals surface area contributed by atoms with E-state index in [1.54, 1.807) is 0 Å². The summed E-state index contributed by atoms with van der Waals surface area (Å²) in [5.74, 6) is 0.0687. The first-order valence-electron chi connectivity index (χ1n) is 7.04. The fourth-order valence-electron chi connectivity index (χ4n) is 2.68. The van der Waals surface area contributed by atoms with Crippen LogP contribution in [0, 0.1) is 0 Å². The highest BCUT2D eigenvalue weighted by atomic mass is 79.9. The van der Waals surface area contributed by atoms with Crippen molar-refractivity contribution in [3.8, 4) is 0 Å². The summed E-state index contributed by atoms with van der Waals surface area (Å²) in [7, 11) is 0. The number of imidazole rings is 1. The Morgan fingerprint density at radius 1 is 1.30 bits per heavy atom. The molecule has 4 N–H and O–H groups in total. The van der Waals surface area contributed by atoms with Gasteiger partial charge in [0.2, 0.25) is 5.95 Å². The third kappa shape index (κ3) is 2.55. The van der Waals surface area contributed by atoms with E-state index >= 15 is 0 Å². The number of nitrogens with one attached hydrogen (secondary N) is 1. The maximum absolute atomic E-state index is 12.3. The number of nitrogen functional groups attached to an aromatic ring is 1. The summed E-state index contributed by atoms with van der Waals surface area (Å²) in [6.45, 7) is 6.51. The molecule has 0 amide bonds. The number of allylic oxidation sites excluding steroid dienone is 3. The van der Waals surface area contributed by atoms with Gasteiger partial charge in [0.15, 0.2) is 5.65 Å². The van der Waals surface area contributed by atoms with Gasteiger partial charge in [0.1, 0.15) is 10.1 Å². The van der Waals surface area contributed by atoms with Crippen molar-refractivity contribution in [1.82, 2.24) is 24.6 Å². The SMILES string of the molecule is CC1=C(C)C(C)=C(Cn2c(=O)[nH]c3c(Br)nc(N)nc32)N(O)C1. The number of hydroxylamine groups is 2. The lowest BCUT2D eigenvalue weighted by atomic mass is 9.98. The van der Waals surface area contributed by atoms with Gasteiger partial charge in [-0.05, 0) is 53.4 Å². The molecule has 0 bridgehead atoms. The maximum atomic E-state index is 12.3. The molecule has 0 unspecified atom stereocenters. The highest BCUT2D eigenvalue weighted by Gasteiger charge is 2.22. The van der Waals surface area contributed by atoms with E-state index in [0.29, 0.717) is 28.0 Å². The van der Waals surface area contributed by atoms with Crippen LogP contribution in [-0.4, -0.2) is 36.3 Å². The van der Waals surface area contributed by atoms with E-state index < -0.39 is 0 Å². The lowest BCUT2D eigenvalue weighted by Crippen LogP contribution is -2.31. The van der Waals surface area contributed by atoms with Crippen LogP contribution in [-0.2, 0) is 6.54 Å². The molecule has 0 aromatic carbocycles. The number of aromatic nitrogens is 4. The van der Waals surface area contributed by atoms with E-state index in [1.165, 1.54) is 9.63 Å². The standard InChI is InChI=1S/C14H17BrN6O2/c1-6-4-21(23)9(8(3)7(6)2)5-20-12-10(17-14(20)22)11(15)18-13(16)19-12/h23H,4-5H2,1-3H3,(H,17,22)(H2,16,18,19). The van der Waals surface area contributed by atoms with Crippen LogP contribution in [0.4, 0.5) is 5.95 Å². The summed E-state index contributed by atoms with van der Waals surface area (Å²) in [5.41, 5.74) is 10.0. The zero-order chi connectivity index (χ0) is 16.9. The Morgan fingerprint density at radius 2 is 2.00 bits per heavy atom. The van der Waals surface area contributed by atoms with Crippen LogP contribution < -0.4 is 11.4 Å². The molecule has 122 valence electrons. The number of hydrogen-bond donors (Lipinski definition) is 3. The highest BCUT2D eigenvalue weighted by molar-refractivity contribution is 9.10. The Labute approximate surface area is 140 Å². The van der Waals surface area contributed by atoms with Gasteiger partial charge in [-0.3, -0.25) is 14.8 Å². The molecule has 0 radical (unpaired) electrons. The van der Waals surface area contributed by atoms with Crippen molar-refractivity contribution in [2.24, 2.45) is 0 Å². The van der Waals surface area contributed by atoms with Gasteiger partial charge in [0.25, 0.3) is 0 Å². The molecular formula is C14H17BrN6O2. The summed E-state index contributed by atoms with van der Waals surface area (Å²) in [6.07, 6.45) is 0. The predicted octanol–water partition coefficient (Wildman–Crippen LogP) is 1.78. The largest absolute Gasteiger partial charge is 0.368 e. The molecule has 2 aromatic heterocycles. The number of nitrogens with two attached hydrogens (primary N) is 1. The number of H-pyrrole nitrogens is 1. The Kier molecular flexibility index (Phi) is 3.77. The third-order valence-corrected chi connectivity index (χ3v) is 4.81. The quantitative estimate of drug-likeness (QED) is 0.684. The van der Waals surface area contributed by atoms with E-state index in [1.807, 2.05) is 20.8 Å². The Hall–Kier alpha value is -2.13. The third-order valence-electron chi connectivity index (χ3n) is 4.24. The average Bonchev–Trinajstić information content (AvgIpc) is 2.78. The van der Waals surface area contributed by atoms with Gasteiger partial charge >= 0.3 is 5.69 Å². The van der Waals surface area contributed by atoms with Gasteiger partial charge in [-0.1, -0.05) is 0 Å². The summed E-state index contributed by atoms with van der Waals surface area (Å²) >= 11 is 3.27. The lowest BCUT2D eigenvalue weighted by Gasteiger charge is -2.29. The molecule has 0 aliphatic carbocycles. The normalized spacial score (nSPS) is 16.0. The van der Waals surface area contributed by atoms with E-state index in [0.717, 1.165) is 16.7 Å². The maximum Gasteiger partial charge on any atom is 0.328 e. The van der Waals surface area contributed by atoms with Crippen LogP contribution >= 0.6 is 15.9 Å². The first-order chi connectivity index (χ1) is 10.8. The van der Waals surface area contributed by atoms with Crippen molar-refractivity contribution < 1.29 is 5.21 Å². The highest BCUT2D eigenvalue weighted by Crippen LogP contribution is 2.27. The predicted molar refractivity (Wildman–Crippen MR) is 89.8 cm³/mol. The second-order valence-corrected chi connectivity index (χ2v) is 6.37. The Bertz CT molecular complexity index is 923. The molecule has 0 saturated heterocycles. The van der Waals surface area contributed by atoms with Gasteiger partial charge < -0.3 is 10.7 Å².